The largest absolute Gasteiger partial charge is 0.0891 e. The lowest BCUT2D eigenvalue weighted by molar-refractivity contribution is 0.527. The molecule has 0 fully saturated rings. The Hall–Kier alpha value is 0.960. The molecule has 0 saturated carbocycles. The lowest BCUT2D eigenvalue weighted by Crippen LogP contribution is -1.99. The van der Waals surface area contributed by atoms with E-state index in [-0.39, 0.29) is 0 Å². The van der Waals surface area contributed by atoms with Crippen molar-refractivity contribution in [2.75, 3.05) is 0 Å². The van der Waals surface area contributed by atoms with Crippen molar-refractivity contribution < 1.29 is 0 Å². The minimum Gasteiger partial charge on any atom is -0.0891 e. The lowest BCUT2D eigenvalue weighted by Gasteiger charge is -2.10. The molecule has 0 saturated heterocycles. The first kappa shape index (κ1) is 45.1. The van der Waals surface area contributed by atoms with Crippen LogP contribution in [0.4, 0.5) is 0 Å². The molecule has 0 nitrogen and oxygen atoms in total. The topological polar surface area (TPSA) is 0 Å². The van der Waals surface area contributed by atoms with Crippen LogP contribution >= 0.6 is 31.9 Å². The summed E-state index contributed by atoms with van der Waals surface area (Å²) in [6.07, 6.45) is 48.2. The molecular formula is C40H80Br2. The van der Waals surface area contributed by atoms with Crippen molar-refractivity contribution in [2.45, 2.75) is 242 Å². The smallest absolute Gasteiger partial charge is 0.0146 e. The van der Waals surface area contributed by atoms with Gasteiger partial charge in [0.15, 0.2) is 0 Å². The SMILES string of the molecule is [CH2]C(Br)CCCCC(Br)CCCCCCCCCCCCC.[CH2]CCCCCCCCCCCCCCCCCCC. The van der Waals surface area contributed by atoms with Crippen LogP contribution in [0, 0.1) is 13.8 Å². The molecule has 0 aromatic heterocycles. The van der Waals surface area contributed by atoms with Crippen molar-refractivity contribution in [1.29, 1.82) is 0 Å². The molecule has 2 atom stereocenters. The lowest BCUT2D eigenvalue weighted by atomic mass is 10.0. The summed E-state index contributed by atoms with van der Waals surface area (Å²) in [5.74, 6) is 0. The van der Waals surface area contributed by atoms with E-state index in [1.807, 2.05) is 0 Å². The normalized spacial score (nSPS) is 12.7. The van der Waals surface area contributed by atoms with Crippen LogP contribution < -0.4 is 0 Å². The molecule has 0 rings (SSSR count). The molecule has 0 aliphatic carbocycles. The summed E-state index contributed by atoms with van der Waals surface area (Å²) < 4.78 is 0. The maximum atomic E-state index is 3.97. The number of hydrogen-bond acceptors (Lipinski definition) is 0. The molecule has 0 bridgehead atoms. The van der Waals surface area contributed by atoms with Crippen molar-refractivity contribution in [1.82, 2.24) is 0 Å². The quantitative estimate of drug-likeness (QED) is 0.0459. The molecule has 0 aromatic carbocycles. The van der Waals surface area contributed by atoms with Gasteiger partial charge in [-0.05, 0) is 26.2 Å². The van der Waals surface area contributed by atoms with E-state index in [0.29, 0.717) is 4.83 Å². The Balaban J connectivity index is 0. The zero-order valence-electron chi connectivity index (χ0n) is 29.4. The number of unbranched alkanes of at least 4 members (excludes halogenated alkanes) is 28. The van der Waals surface area contributed by atoms with Gasteiger partial charge in [0.2, 0.25) is 0 Å². The van der Waals surface area contributed by atoms with Crippen molar-refractivity contribution in [3.63, 3.8) is 0 Å². The first-order valence-corrected chi connectivity index (χ1v) is 21.3. The van der Waals surface area contributed by atoms with Gasteiger partial charge >= 0.3 is 0 Å². The molecule has 2 unspecified atom stereocenters. The highest BCUT2D eigenvalue weighted by molar-refractivity contribution is 9.09. The molecule has 0 aliphatic rings. The monoisotopic (exact) mass is 718 g/mol. The average Bonchev–Trinajstić information content (AvgIpc) is 2.98. The molecule has 0 N–H and O–H groups in total. The molecule has 2 radical (unpaired) electrons. The van der Waals surface area contributed by atoms with Crippen LogP contribution in [0.25, 0.3) is 0 Å². The second-order valence-electron chi connectivity index (χ2n) is 13.3. The minimum absolute atomic E-state index is 0.438. The van der Waals surface area contributed by atoms with Gasteiger partial charge in [-0.25, -0.2) is 0 Å². The summed E-state index contributed by atoms with van der Waals surface area (Å²) in [6, 6.07) is 0. The molecular weight excluding hydrogens is 640 g/mol. The Morgan fingerprint density at radius 2 is 0.595 bits per heavy atom. The van der Waals surface area contributed by atoms with E-state index in [4.69, 9.17) is 0 Å². The number of rotatable bonds is 34. The van der Waals surface area contributed by atoms with Gasteiger partial charge in [-0.3, -0.25) is 0 Å². The first-order valence-electron chi connectivity index (χ1n) is 19.5. The molecule has 0 spiro atoms. The third-order valence-electron chi connectivity index (χ3n) is 8.76. The fourth-order valence-corrected chi connectivity index (χ4v) is 6.78. The molecule has 0 aliphatic heterocycles. The minimum atomic E-state index is 0.438. The van der Waals surface area contributed by atoms with Crippen LogP contribution in [-0.4, -0.2) is 9.65 Å². The summed E-state index contributed by atoms with van der Waals surface area (Å²) in [6.45, 7) is 12.4. The second kappa shape index (κ2) is 42.0. The molecule has 254 valence electrons. The predicted molar refractivity (Wildman–Crippen MR) is 204 cm³/mol. The van der Waals surface area contributed by atoms with E-state index in [2.05, 4.69) is 59.6 Å². The van der Waals surface area contributed by atoms with Crippen LogP contribution in [-0.2, 0) is 0 Å². The van der Waals surface area contributed by atoms with Gasteiger partial charge in [0, 0.05) is 9.65 Å². The average molecular weight is 721 g/mol. The van der Waals surface area contributed by atoms with E-state index in [9.17, 15) is 0 Å². The second-order valence-corrected chi connectivity index (χ2v) is 15.9. The van der Waals surface area contributed by atoms with Gasteiger partial charge < -0.3 is 0 Å². The predicted octanol–water partition coefficient (Wildman–Crippen LogP) is 16.5. The van der Waals surface area contributed by atoms with Gasteiger partial charge in [0.1, 0.15) is 0 Å². The summed E-state index contributed by atoms with van der Waals surface area (Å²) in [4.78, 5) is 1.18. The van der Waals surface area contributed by atoms with Crippen molar-refractivity contribution in [3.05, 3.63) is 13.8 Å². The Labute approximate surface area is 286 Å². The maximum absolute atomic E-state index is 3.97. The molecule has 0 amide bonds. The van der Waals surface area contributed by atoms with E-state index in [1.165, 1.54) is 212 Å². The molecule has 0 heterocycles. The van der Waals surface area contributed by atoms with Crippen LogP contribution in [0.3, 0.4) is 0 Å². The van der Waals surface area contributed by atoms with Crippen molar-refractivity contribution in [3.8, 4) is 0 Å². The summed E-state index contributed by atoms with van der Waals surface area (Å²) in [5, 5.41) is 0. The molecule has 2 heteroatoms. The van der Waals surface area contributed by atoms with Gasteiger partial charge in [0.25, 0.3) is 0 Å². The van der Waals surface area contributed by atoms with Crippen LogP contribution in [0.5, 0.6) is 0 Å². The van der Waals surface area contributed by atoms with Crippen LogP contribution in [0.1, 0.15) is 232 Å². The van der Waals surface area contributed by atoms with Gasteiger partial charge in [0.05, 0.1) is 0 Å². The van der Waals surface area contributed by atoms with Gasteiger partial charge in [-0.15, -0.1) is 0 Å². The van der Waals surface area contributed by atoms with Gasteiger partial charge in [-0.2, -0.15) is 0 Å². The van der Waals surface area contributed by atoms with E-state index in [0.717, 1.165) is 11.2 Å². The molecule has 0 aromatic rings. The zero-order chi connectivity index (χ0) is 31.2. The summed E-state index contributed by atoms with van der Waals surface area (Å²) in [7, 11) is 0. The Kier molecular flexibility index (Phi) is 45.0. The van der Waals surface area contributed by atoms with E-state index in [1.54, 1.807) is 0 Å². The Bertz CT molecular complexity index is 417. The number of hydrogen-bond donors (Lipinski definition) is 0. The Morgan fingerprint density at radius 3 is 0.881 bits per heavy atom. The summed E-state index contributed by atoms with van der Waals surface area (Å²) >= 11 is 7.35. The number of alkyl halides is 2. The van der Waals surface area contributed by atoms with E-state index >= 15 is 0 Å². The standard InChI is InChI=1S/C20H39Br2.C20H41/c1-3-4-5-6-7-8-9-10-11-12-13-17-20(22)18-15-14-16-19(2)21;1-3-5-7-9-11-13-15-17-19-20-18-16-14-12-10-8-6-4-2/h19-20H,2-18H2,1H3;1,3-20H2,2H3. The first-order chi connectivity index (χ1) is 20.6. The fraction of sp³-hybridized carbons (Fsp3) is 0.950. The van der Waals surface area contributed by atoms with Gasteiger partial charge in [-0.1, -0.05) is 252 Å². The number of halogens is 2. The summed E-state index contributed by atoms with van der Waals surface area (Å²) in [5.41, 5.74) is 0. The van der Waals surface area contributed by atoms with Crippen LogP contribution in [0.2, 0.25) is 0 Å². The highest BCUT2D eigenvalue weighted by atomic mass is 79.9. The third-order valence-corrected chi connectivity index (χ3v) is 10.1. The van der Waals surface area contributed by atoms with E-state index < -0.39 is 0 Å². The molecule has 42 heavy (non-hydrogen) atoms. The Morgan fingerprint density at radius 1 is 0.357 bits per heavy atom. The fourth-order valence-electron chi connectivity index (χ4n) is 5.81. The van der Waals surface area contributed by atoms with Crippen molar-refractivity contribution >= 4 is 31.9 Å². The highest BCUT2D eigenvalue weighted by Gasteiger charge is 2.04. The zero-order valence-corrected chi connectivity index (χ0v) is 32.5. The third kappa shape index (κ3) is 45.4. The highest BCUT2D eigenvalue weighted by Crippen LogP contribution is 2.20. The maximum Gasteiger partial charge on any atom is 0.0146 e. The van der Waals surface area contributed by atoms with Crippen molar-refractivity contribution in [2.24, 2.45) is 0 Å². The van der Waals surface area contributed by atoms with Crippen LogP contribution in [0.15, 0.2) is 0 Å².